The fourth-order valence-electron chi connectivity index (χ4n) is 1.54. The van der Waals surface area contributed by atoms with Crippen molar-refractivity contribution in [3.8, 4) is 0 Å². The first-order chi connectivity index (χ1) is 7.25. The molecule has 1 saturated heterocycles. The van der Waals surface area contributed by atoms with E-state index in [0.717, 1.165) is 13.1 Å². The van der Waals surface area contributed by atoms with Crippen LogP contribution in [-0.2, 0) is 11.3 Å². The highest BCUT2D eigenvalue weighted by Gasteiger charge is 2.14. The summed E-state index contributed by atoms with van der Waals surface area (Å²) in [7, 11) is 0. The molecule has 0 saturated carbocycles. The second-order valence-corrected chi connectivity index (χ2v) is 3.48. The monoisotopic (exact) mass is 210 g/mol. The molecule has 1 aliphatic rings. The maximum Gasteiger partial charge on any atom is 0.269 e. The molecule has 1 aromatic heterocycles. The van der Waals surface area contributed by atoms with Gasteiger partial charge in [0.25, 0.3) is 5.91 Å². The number of aromatic nitrogens is 2. The third-order valence-corrected chi connectivity index (χ3v) is 2.29. The Labute approximate surface area is 87.4 Å². The standard InChI is InChI=1S/C9H14N4O2/c10-9(14)8-1-3-13(12-8)6-7-5-11-2-4-15-7/h1,3,7,11H,2,4-6H2,(H2,10,14)/t7-/m1/s1. The molecule has 6 nitrogen and oxygen atoms in total. The number of carbonyl (C=O) groups excluding carboxylic acids is 1. The summed E-state index contributed by atoms with van der Waals surface area (Å²) in [6, 6.07) is 1.61. The lowest BCUT2D eigenvalue weighted by atomic mass is 10.3. The van der Waals surface area contributed by atoms with E-state index in [1.807, 2.05) is 0 Å². The minimum atomic E-state index is -0.503. The molecule has 3 N–H and O–H groups in total. The second-order valence-electron chi connectivity index (χ2n) is 3.48. The molecule has 2 heterocycles. The number of nitrogens with zero attached hydrogens (tertiary/aromatic N) is 2. The van der Waals surface area contributed by atoms with Gasteiger partial charge in [0.05, 0.1) is 19.3 Å². The Morgan fingerprint density at radius 3 is 3.27 bits per heavy atom. The first-order valence-electron chi connectivity index (χ1n) is 4.91. The summed E-state index contributed by atoms with van der Waals surface area (Å²) in [5.41, 5.74) is 5.39. The van der Waals surface area contributed by atoms with E-state index in [1.165, 1.54) is 0 Å². The first-order valence-corrected chi connectivity index (χ1v) is 4.91. The van der Waals surface area contributed by atoms with Gasteiger partial charge in [0, 0.05) is 19.3 Å². The Morgan fingerprint density at radius 2 is 2.67 bits per heavy atom. The smallest absolute Gasteiger partial charge is 0.269 e. The van der Waals surface area contributed by atoms with Crippen LogP contribution in [0.5, 0.6) is 0 Å². The van der Waals surface area contributed by atoms with Crippen molar-refractivity contribution >= 4 is 5.91 Å². The molecule has 1 atom stereocenters. The molecular formula is C9H14N4O2. The first kappa shape index (κ1) is 10.1. The van der Waals surface area contributed by atoms with Crippen molar-refractivity contribution in [3.05, 3.63) is 18.0 Å². The Bertz CT molecular complexity index is 344. The summed E-state index contributed by atoms with van der Waals surface area (Å²) >= 11 is 0. The maximum absolute atomic E-state index is 10.8. The number of hydrogen-bond acceptors (Lipinski definition) is 4. The zero-order chi connectivity index (χ0) is 10.7. The predicted octanol–water partition coefficient (Wildman–Crippen LogP) is -1.03. The number of nitrogens with one attached hydrogen (secondary N) is 1. The molecule has 1 aliphatic heterocycles. The Hall–Kier alpha value is -1.40. The zero-order valence-electron chi connectivity index (χ0n) is 8.35. The summed E-state index contributed by atoms with van der Waals surface area (Å²) < 4.78 is 7.19. The zero-order valence-corrected chi connectivity index (χ0v) is 8.35. The minimum Gasteiger partial charge on any atom is -0.374 e. The number of carbonyl (C=O) groups is 1. The van der Waals surface area contributed by atoms with Crippen LogP contribution in [-0.4, -0.2) is 41.5 Å². The van der Waals surface area contributed by atoms with Gasteiger partial charge in [-0.3, -0.25) is 9.48 Å². The molecule has 0 spiro atoms. The van der Waals surface area contributed by atoms with Gasteiger partial charge in [0.15, 0.2) is 0 Å². The number of amides is 1. The van der Waals surface area contributed by atoms with E-state index in [0.29, 0.717) is 18.8 Å². The number of morpholine rings is 1. The van der Waals surface area contributed by atoms with E-state index < -0.39 is 5.91 Å². The van der Waals surface area contributed by atoms with E-state index in [1.54, 1.807) is 16.9 Å². The summed E-state index contributed by atoms with van der Waals surface area (Å²) in [5.74, 6) is -0.503. The lowest BCUT2D eigenvalue weighted by molar-refractivity contribution is 0.0161. The van der Waals surface area contributed by atoms with Crippen LogP contribution in [0.3, 0.4) is 0 Å². The fraction of sp³-hybridized carbons (Fsp3) is 0.556. The molecule has 0 aromatic carbocycles. The van der Waals surface area contributed by atoms with Crippen LogP contribution in [0.4, 0.5) is 0 Å². The molecule has 2 rings (SSSR count). The molecule has 0 unspecified atom stereocenters. The fourth-order valence-corrected chi connectivity index (χ4v) is 1.54. The van der Waals surface area contributed by atoms with Crippen LogP contribution in [0.2, 0.25) is 0 Å². The average molecular weight is 210 g/mol. The maximum atomic E-state index is 10.8. The summed E-state index contributed by atoms with van der Waals surface area (Å²) in [6.07, 6.45) is 1.84. The SMILES string of the molecule is NC(=O)c1ccn(C[C@H]2CNCCO2)n1. The Kier molecular flexibility index (Phi) is 2.98. The van der Waals surface area contributed by atoms with Crippen molar-refractivity contribution in [2.75, 3.05) is 19.7 Å². The average Bonchev–Trinajstić information content (AvgIpc) is 2.68. The molecular weight excluding hydrogens is 196 g/mol. The van der Waals surface area contributed by atoms with E-state index in [-0.39, 0.29) is 6.10 Å². The van der Waals surface area contributed by atoms with Gasteiger partial charge in [-0.05, 0) is 6.07 Å². The van der Waals surface area contributed by atoms with E-state index in [9.17, 15) is 4.79 Å². The molecule has 82 valence electrons. The highest BCUT2D eigenvalue weighted by atomic mass is 16.5. The van der Waals surface area contributed by atoms with E-state index in [4.69, 9.17) is 10.5 Å². The largest absolute Gasteiger partial charge is 0.374 e. The Morgan fingerprint density at radius 1 is 1.80 bits per heavy atom. The molecule has 1 amide bonds. The van der Waals surface area contributed by atoms with Crippen LogP contribution in [0, 0.1) is 0 Å². The van der Waals surface area contributed by atoms with Gasteiger partial charge in [-0.2, -0.15) is 5.10 Å². The quantitative estimate of drug-likeness (QED) is 0.668. The third-order valence-electron chi connectivity index (χ3n) is 2.29. The lowest BCUT2D eigenvalue weighted by Gasteiger charge is -2.23. The second kappa shape index (κ2) is 4.41. The highest BCUT2D eigenvalue weighted by Crippen LogP contribution is 2.01. The lowest BCUT2D eigenvalue weighted by Crippen LogP contribution is -2.40. The Balaban J connectivity index is 1.94. The minimum absolute atomic E-state index is 0.111. The van der Waals surface area contributed by atoms with Gasteiger partial charge in [0.2, 0.25) is 0 Å². The number of ether oxygens (including phenoxy) is 1. The molecule has 1 aromatic rings. The number of primary amides is 1. The highest BCUT2D eigenvalue weighted by molar-refractivity contribution is 5.90. The van der Waals surface area contributed by atoms with Gasteiger partial charge >= 0.3 is 0 Å². The summed E-state index contributed by atoms with van der Waals surface area (Å²) in [5, 5.41) is 7.27. The molecule has 6 heteroatoms. The molecule has 0 bridgehead atoms. The summed E-state index contributed by atoms with van der Waals surface area (Å²) in [4.78, 5) is 10.8. The third kappa shape index (κ3) is 2.54. The van der Waals surface area contributed by atoms with Gasteiger partial charge < -0.3 is 15.8 Å². The van der Waals surface area contributed by atoms with E-state index >= 15 is 0 Å². The van der Waals surface area contributed by atoms with Crippen molar-refractivity contribution in [2.45, 2.75) is 12.6 Å². The van der Waals surface area contributed by atoms with Crippen LogP contribution >= 0.6 is 0 Å². The molecule has 1 fully saturated rings. The van der Waals surface area contributed by atoms with Crippen molar-refractivity contribution in [1.29, 1.82) is 0 Å². The van der Waals surface area contributed by atoms with Crippen molar-refractivity contribution < 1.29 is 9.53 Å². The van der Waals surface area contributed by atoms with Crippen LogP contribution in [0.15, 0.2) is 12.3 Å². The predicted molar refractivity (Wildman–Crippen MR) is 53.4 cm³/mol. The van der Waals surface area contributed by atoms with Crippen LogP contribution < -0.4 is 11.1 Å². The van der Waals surface area contributed by atoms with Gasteiger partial charge in [-0.25, -0.2) is 0 Å². The molecule has 0 radical (unpaired) electrons. The van der Waals surface area contributed by atoms with Crippen LogP contribution in [0.25, 0.3) is 0 Å². The summed E-state index contributed by atoms with van der Waals surface area (Å²) in [6.45, 7) is 3.06. The normalized spacial score (nSPS) is 21.5. The van der Waals surface area contributed by atoms with Crippen molar-refractivity contribution in [3.63, 3.8) is 0 Å². The van der Waals surface area contributed by atoms with Crippen molar-refractivity contribution in [1.82, 2.24) is 15.1 Å². The molecule has 15 heavy (non-hydrogen) atoms. The van der Waals surface area contributed by atoms with Crippen molar-refractivity contribution in [2.24, 2.45) is 5.73 Å². The number of hydrogen-bond donors (Lipinski definition) is 2. The molecule has 0 aliphatic carbocycles. The topological polar surface area (TPSA) is 82.2 Å². The number of rotatable bonds is 3. The van der Waals surface area contributed by atoms with E-state index in [2.05, 4.69) is 10.4 Å². The van der Waals surface area contributed by atoms with Gasteiger partial charge in [-0.15, -0.1) is 0 Å². The van der Waals surface area contributed by atoms with Crippen LogP contribution in [0.1, 0.15) is 10.5 Å². The number of nitrogens with two attached hydrogens (primary N) is 1. The van der Waals surface area contributed by atoms with Gasteiger partial charge in [0.1, 0.15) is 5.69 Å². The van der Waals surface area contributed by atoms with Gasteiger partial charge in [-0.1, -0.05) is 0 Å².